The maximum absolute atomic E-state index is 11.0. The van der Waals surface area contributed by atoms with Gasteiger partial charge < -0.3 is 0 Å². The van der Waals surface area contributed by atoms with Crippen molar-refractivity contribution >= 4 is 8.03 Å². The normalized spacial score (nSPS) is 27.4. The summed E-state index contributed by atoms with van der Waals surface area (Å²) in [6.45, 7) is 5.63. The monoisotopic (exact) mass is 145 g/mol. The van der Waals surface area contributed by atoms with E-state index in [0.29, 0.717) is 0 Å². The molecule has 0 aromatic carbocycles. The van der Waals surface area contributed by atoms with Crippen LogP contribution in [-0.2, 0) is 9.09 Å². The van der Waals surface area contributed by atoms with Crippen LogP contribution in [0.4, 0.5) is 0 Å². The number of rotatable bonds is 0. The lowest BCUT2D eigenvalue weighted by molar-refractivity contribution is 0.433. The quantitative estimate of drug-likeness (QED) is 0.489. The van der Waals surface area contributed by atoms with Gasteiger partial charge in [-0.2, -0.15) is 0 Å². The van der Waals surface area contributed by atoms with E-state index in [4.69, 9.17) is 4.52 Å². The molecule has 1 unspecified atom stereocenters. The van der Waals surface area contributed by atoms with E-state index in [2.05, 4.69) is 0 Å². The second-order valence-corrected chi connectivity index (χ2v) is 4.61. The summed E-state index contributed by atoms with van der Waals surface area (Å²) in [7, 11) is -1.49. The van der Waals surface area contributed by atoms with Gasteiger partial charge in [-0.05, 0) is 25.3 Å². The van der Waals surface area contributed by atoms with Crippen molar-refractivity contribution in [2.75, 3.05) is 0 Å². The summed E-state index contributed by atoms with van der Waals surface area (Å²) in [5, 5.41) is -0.251. The van der Waals surface area contributed by atoms with Gasteiger partial charge in [0, 0.05) is 6.08 Å². The standard InChI is InChI=1S/C6H10O2P/c1-5-4-6(2,3)9(7)8-5/h4H,1-3H3/q+1. The molecule has 1 aliphatic heterocycles. The zero-order chi connectivity index (χ0) is 7.07. The Morgan fingerprint density at radius 2 is 2.22 bits per heavy atom. The minimum atomic E-state index is -1.49. The van der Waals surface area contributed by atoms with Gasteiger partial charge in [0.15, 0.2) is 5.76 Å². The van der Waals surface area contributed by atoms with Crippen LogP contribution in [0.15, 0.2) is 11.8 Å². The van der Waals surface area contributed by atoms with Crippen LogP contribution in [0.1, 0.15) is 20.8 Å². The molecule has 1 heterocycles. The molecule has 0 N–H and O–H groups in total. The van der Waals surface area contributed by atoms with Crippen LogP contribution in [0.25, 0.3) is 0 Å². The molecule has 0 fully saturated rings. The molecule has 0 spiro atoms. The molecule has 0 radical (unpaired) electrons. The Labute approximate surface area is 55.8 Å². The molecule has 50 valence electrons. The van der Waals surface area contributed by atoms with E-state index in [1.807, 2.05) is 26.8 Å². The first kappa shape index (κ1) is 6.76. The number of hydrogen-bond donors (Lipinski definition) is 0. The van der Waals surface area contributed by atoms with Gasteiger partial charge in [0.25, 0.3) is 0 Å². The van der Waals surface area contributed by atoms with Gasteiger partial charge in [-0.25, -0.2) is 0 Å². The Bertz CT molecular complexity index is 181. The minimum Gasteiger partial charge on any atom is -0.259 e. The summed E-state index contributed by atoms with van der Waals surface area (Å²) in [4.78, 5) is 0. The third-order valence-electron chi connectivity index (χ3n) is 1.25. The predicted molar refractivity (Wildman–Crippen MR) is 36.5 cm³/mol. The zero-order valence-corrected chi connectivity index (χ0v) is 6.74. The van der Waals surface area contributed by atoms with Crippen molar-refractivity contribution in [3.63, 3.8) is 0 Å². The van der Waals surface area contributed by atoms with Crippen molar-refractivity contribution in [3.05, 3.63) is 11.8 Å². The highest BCUT2D eigenvalue weighted by atomic mass is 31.1. The van der Waals surface area contributed by atoms with Gasteiger partial charge in [-0.3, -0.25) is 4.52 Å². The summed E-state index contributed by atoms with van der Waals surface area (Å²) in [5.74, 6) is 0.779. The third-order valence-corrected chi connectivity index (χ3v) is 2.78. The highest BCUT2D eigenvalue weighted by molar-refractivity contribution is 7.41. The molecule has 0 amide bonds. The average Bonchev–Trinajstić information content (AvgIpc) is 1.79. The second-order valence-electron chi connectivity index (χ2n) is 2.76. The minimum absolute atomic E-state index is 0.251. The number of allylic oxidation sites excluding steroid dienone is 2. The SMILES string of the molecule is CC1=CC(C)(C)[P+](=O)O1. The first-order valence-electron chi connectivity index (χ1n) is 2.87. The molecule has 0 aromatic rings. The van der Waals surface area contributed by atoms with E-state index >= 15 is 0 Å². The first-order chi connectivity index (χ1) is 4.02. The third kappa shape index (κ3) is 1.13. The Balaban J connectivity index is 2.89. The van der Waals surface area contributed by atoms with Gasteiger partial charge in [0.2, 0.25) is 5.16 Å². The molecule has 1 rings (SSSR count). The topological polar surface area (TPSA) is 26.3 Å². The highest BCUT2D eigenvalue weighted by Crippen LogP contribution is 2.48. The van der Waals surface area contributed by atoms with Gasteiger partial charge >= 0.3 is 8.03 Å². The fourth-order valence-corrected chi connectivity index (χ4v) is 1.66. The van der Waals surface area contributed by atoms with Crippen molar-refractivity contribution in [2.45, 2.75) is 25.9 Å². The fraction of sp³-hybridized carbons (Fsp3) is 0.667. The lowest BCUT2D eigenvalue weighted by atomic mass is 10.2. The van der Waals surface area contributed by atoms with Gasteiger partial charge in [0.1, 0.15) is 0 Å². The van der Waals surface area contributed by atoms with Crippen LogP contribution in [0.3, 0.4) is 0 Å². The van der Waals surface area contributed by atoms with Gasteiger partial charge in [0.05, 0.1) is 0 Å². The van der Waals surface area contributed by atoms with E-state index < -0.39 is 8.03 Å². The Morgan fingerprint density at radius 3 is 2.33 bits per heavy atom. The van der Waals surface area contributed by atoms with E-state index in [0.717, 1.165) is 5.76 Å². The van der Waals surface area contributed by atoms with Crippen molar-refractivity contribution in [3.8, 4) is 0 Å². The molecule has 0 saturated carbocycles. The highest BCUT2D eigenvalue weighted by Gasteiger charge is 2.46. The summed E-state index contributed by atoms with van der Waals surface area (Å²) < 4.78 is 15.9. The second kappa shape index (κ2) is 1.81. The molecule has 1 atom stereocenters. The van der Waals surface area contributed by atoms with Crippen molar-refractivity contribution in [1.82, 2.24) is 0 Å². The summed E-state index contributed by atoms with van der Waals surface area (Å²) in [6, 6.07) is 0. The zero-order valence-electron chi connectivity index (χ0n) is 5.84. The predicted octanol–water partition coefficient (Wildman–Crippen LogP) is 2.44. The van der Waals surface area contributed by atoms with Crippen LogP contribution < -0.4 is 0 Å². The first-order valence-corrected chi connectivity index (χ1v) is 4.05. The summed E-state index contributed by atoms with van der Waals surface area (Å²) >= 11 is 0. The maximum Gasteiger partial charge on any atom is 0.565 e. The molecular weight excluding hydrogens is 135 g/mol. The van der Waals surface area contributed by atoms with Gasteiger partial charge in [-0.1, -0.05) is 0 Å². The van der Waals surface area contributed by atoms with Crippen molar-refractivity contribution in [2.24, 2.45) is 0 Å². The van der Waals surface area contributed by atoms with E-state index in [-0.39, 0.29) is 5.16 Å². The molecule has 1 aliphatic rings. The Morgan fingerprint density at radius 1 is 1.67 bits per heavy atom. The van der Waals surface area contributed by atoms with Crippen LogP contribution in [0, 0.1) is 0 Å². The largest absolute Gasteiger partial charge is 0.565 e. The molecule has 3 heteroatoms. The fourth-order valence-electron chi connectivity index (χ4n) is 0.825. The molecule has 0 saturated heterocycles. The lowest BCUT2D eigenvalue weighted by Crippen LogP contribution is -2.05. The summed E-state index contributed by atoms with van der Waals surface area (Å²) in [6.07, 6.45) is 1.89. The molecule has 9 heavy (non-hydrogen) atoms. The molecule has 0 aliphatic carbocycles. The smallest absolute Gasteiger partial charge is 0.259 e. The van der Waals surface area contributed by atoms with Crippen LogP contribution >= 0.6 is 8.03 Å². The average molecular weight is 145 g/mol. The lowest BCUT2D eigenvalue weighted by Gasteiger charge is -1.93. The van der Waals surface area contributed by atoms with Gasteiger partial charge in [-0.15, -0.1) is 0 Å². The van der Waals surface area contributed by atoms with Crippen LogP contribution in [0.5, 0.6) is 0 Å². The van der Waals surface area contributed by atoms with Crippen LogP contribution in [0.2, 0.25) is 0 Å². The Kier molecular flexibility index (Phi) is 1.36. The molecule has 0 aromatic heterocycles. The van der Waals surface area contributed by atoms with Crippen molar-refractivity contribution in [1.29, 1.82) is 0 Å². The summed E-state index contributed by atoms with van der Waals surface area (Å²) in [5.41, 5.74) is 0. The van der Waals surface area contributed by atoms with Crippen molar-refractivity contribution < 1.29 is 9.09 Å². The van der Waals surface area contributed by atoms with E-state index in [1.165, 1.54) is 0 Å². The number of hydrogen-bond acceptors (Lipinski definition) is 2. The maximum atomic E-state index is 11.0. The Hall–Kier alpha value is -0.360. The van der Waals surface area contributed by atoms with Crippen LogP contribution in [-0.4, -0.2) is 5.16 Å². The van der Waals surface area contributed by atoms with E-state index in [1.54, 1.807) is 0 Å². The molecule has 0 bridgehead atoms. The molecular formula is C6H10O2P+. The van der Waals surface area contributed by atoms with E-state index in [9.17, 15) is 4.57 Å². The molecule has 2 nitrogen and oxygen atoms in total.